The molecule has 1 unspecified atom stereocenters. The molecule has 0 saturated carbocycles. The number of amides is 1. The molecule has 0 saturated heterocycles. The van der Waals surface area contributed by atoms with Crippen molar-refractivity contribution in [1.29, 1.82) is 0 Å². The van der Waals surface area contributed by atoms with Crippen molar-refractivity contribution in [2.75, 3.05) is 0 Å². The SMILES string of the molecule is Cc1ccn(C(NC(=O)c2cccc(Cl)c2)C(=O)c2ccc(F)cc2)c(=O)n1. The van der Waals surface area contributed by atoms with Crippen LogP contribution in [0, 0.1) is 12.7 Å². The number of benzene rings is 2. The van der Waals surface area contributed by atoms with Crippen molar-refractivity contribution in [3.8, 4) is 0 Å². The summed E-state index contributed by atoms with van der Waals surface area (Å²) < 4.78 is 14.2. The Bertz CT molecular complexity index is 1100. The average Bonchev–Trinajstić information content (AvgIpc) is 2.66. The lowest BCUT2D eigenvalue weighted by Crippen LogP contribution is -2.43. The first-order valence-corrected chi connectivity index (χ1v) is 8.65. The molecule has 0 spiro atoms. The maximum absolute atomic E-state index is 13.2. The number of halogens is 2. The van der Waals surface area contributed by atoms with Crippen molar-refractivity contribution in [3.63, 3.8) is 0 Å². The van der Waals surface area contributed by atoms with E-state index in [1.165, 1.54) is 36.5 Å². The predicted octanol–water partition coefficient (Wildman–Crippen LogP) is 3.16. The fourth-order valence-corrected chi connectivity index (χ4v) is 2.76. The van der Waals surface area contributed by atoms with Crippen LogP contribution in [0.25, 0.3) is 0 Å². The van der Waals surface area contributed by atoms with Crippen LogP contribution in [0.3, 0.4) is 0 Å². The van der Waals surface area contributed by atoms with Crippen molar-refractivity contribution in [1.82, 2.24) is 14.9 Å². The van der Waals surface area contributed by atoms with Crippen LogP contribution in [0.2, 0.25) is 5.02 Å². The van der Waals surface area contributed by atoms with Crippen molar-refractivity contribution in [2.45, 2.75) is 13.1 Å². The number of nitrogens with zero attached hydrogens (tertiary/aromatic N) is 2. The second-order valence-electron chi connectivity index (χ2n) is 6.02. The average molecular weight is 400 g/mol. The Labute approximate surface area is 164 Å². The zero-order valence-corrected chi connectivity index (χ0v) is 15.5. The van der Waals surface area contributed by atoms with E-state index in [0.717, 1.165) is 16.7 Å². The van der Waals surface area contributed by atoms with Crippen LogP contribution >= 0.6 is 11.6 Å². The highest BCUT2D eigenvalue weighted by molar-refractivity contribution is 6.31. The van der Waals surface area contributed by atoms with Crippen LogP contribution in [-0.2, 0) is 0 Å². The Kier molecular flexibility index (Phi) is 5.65. The third-order valence-electron chi connectivity index (χ3n) is 3.98. The Balaban J connectivity index is 2.01. The molecule has 1 amide bonds. The minimum Gasteiger partial charge on any atom is -0.325 e. The Hall–Kier alpha value is -3.32. The van der Waals surface area contributed by atoms with Crippen molar-refractivity contribution >= 4 is 23.3 Å². The van der Waals surface area contributed by atoms with Gasteiger partial charge in [-0.15, -0.1) is 0 Å². The molecule has 1 atom stereocenters. The molecule has 0 bridgehead atoms. The number of nitrogens with one attached hydrogen (secondary N) is 1. The van der Waals surface area contributed by atoms with Crippen LogP contribution in [0.5, 0.6) is 0 Å². The van der Waals surface area contributed by atoms with E-state index in [1.54, 1.807) is 19.1 Å². The highest BCUT2D eigenvalue weighted by Crippen LogP contribution is 2.15. The Morgan fingerprint density at radius 2 is 1.82 bits per heavy atom. The van der Waals surface area contributed by atoms with Crippen LogP contribution in [-0.4, -0.2) is 21.2 Å². The summed E-state index contributed by atoms with van der Waals surface area (Å²) in [6.45, 7) is 1.63. The van der Waals surface area contributed by atoms with E-state index >= 15 is 0 Å². The predicted molar refractivity (Wildman–Crippen MR) is 102 cm³/mol. The van der Waals surface area contributed by atoms with Crippen LogP contribution in [0.15, 0.2) is 65.6 Å². The molecule has 6 nitrogen and oxygen atoms in total. The van der Waals surface area contributed by atoms with E-state index in [1.807, 2.05) is 0 Å². The molecule has 0 radical (unpaired) electrons. The van der Waals surface area contributed by atoms with E-state index in [4.69, 9.17) is 11.6 Å². The molecule has 0 aliphatic heterocycles. The molecule has 28 heavy (non-hydrogen) atoms. The summed E-state index contributed by atoms with van der Waals surface area (Å²) in [5, 5.41) is 2.88. The van der Waals surface area contributed by atoms with Gasteiger partial charge in [-0.05, 0) is 55.5 Å². The van der Waals surface area contributed by atoms with Gasteiger partial charge in [-0.2, -0.15) is 4.98 Å². The number of Topliss-reactive ketones (excluding diaryl/α,β-unsaturated/α-hetero) is 1. The van der Waals surface area contributed by atoms with Gasteiger partial charge in [-0.1, -0.05) is 17.7 Å². The first-order valence-electron chi connectivity index (χ1n) is 8.27. The lowest BCUT2D eigenvalue weighted by molar-refractivity contribution is 0.0812. The second-order valence-corrected chi connectivity index (χ2v) is 6.45. The fourth-order valence-electron chi connectivity index (χ4n) is 2.56. The summed E-state index contributed by atoms with van der Waals surface area (Å²) >= 11 is 5.91. The van der Waals surface area contributed by atoms with Gasteiger partial charge < -0.3 is 5.32 Å². The molecule has 2 aromatic carbocycles. The maximum Gasteiger partial charge on any atom is 0.349 e. The summed E-state index contributed by atoms with van der Waals surface area (Å²) in [4.78, 5) is 41.7. The summed E-state index contributed by atoms with van der Waals surface area (Å²) in [5.41, 5.74) is 0.116. The molecule has 0 fully saturated rings. The van der Waals surface area contributed by atoms with Gasteiger partial charge in [-0.25, -0.2) is 9.18 Å². The molecule has 1 heterocycles. The number of hydrogen-bond donors (Lipinski definition) is 1. The summed E-state index contributed by atoms with van der Waals surface area (Å²) in [7, 11) is 0. The summed E-state index contributed by atoms with van der Waals surface area (Å²) in [5.74, 6) is -1.70. The maximum atomic E-state index is 13.2. The number of hydrogen-bond acceptors (Lipinski definition) is 4. The van der Waals surface area contributed by atoms with Gasteiger partial charge in [-0.3, -0.25) is 14.2 Å². The standard InChI is InChI=1S/C20H15ClFN3O3/c1-12-9-10-25(20(28)23-12)18(17(26)13-5-7-16(22)8-6-13)24-19(27)14-3-2-4-15(21)11-14/h2-11,18H,1H3,(H,24,27). The van der Waals surface area contributed by atoms with Gasteiger partial charge in [0.05, 0.1) is 0 Å². The number of aryl methyl sites for hydroxylation is 1. The van der Waals surface area contributed by atoms with Crippen molar-refractivity contribution in [2.24, 2.45) is 0 Å². The fraction of sp³-hybridized carbons (Fsp3) is 0.100. The third kappa shape index (κ3) is 4.32. The zero-order chi connectivity index (χ0) is 20.3. The van der Waals surface area contributed by atoms with Gasteiger partial charge in [0, 0.05) is 28.0 Å². The van der Waals surface area contributed by atoms with Crippen molar-refractivity contribution in [3.05, 3.63) is 98.9 Å². The summed E-state index contributed by atoms with van der Waals surface area (Å²) in [6.07, 6.45) is 0.00666. The summed E-state index contributed by atoms with van der Waals surface area (Å²) in [6, 6.07) is 12.5. The number of carbonyl (C=O) groups is 2. The number of rotatable bonds is 5. The molecule has 1 N–H and O–H groups in total. The molecule has 0 aliphatic carbocycles. The first kappa shape index (κ1) is 19.4. The first-order chi connectivity index (χ1) is 13.3. The number of aromatic nitrogens is 2. The van der Waals surface area contributed by atoms with Gasteiger partial charge >= 0.3 is 5.69 Å². The van der Waals surface area contributed by atoms with E-state index in [0.29, 0.717) is 10.7 Å². The molecule has 1 aromatic heterocycles. The van der Waals surface area contributed by atoms with Crippen molar-refractivity contribution < 1.29 is 14.0 Å². The molecule has 3 rings (SSSR count). The molecule has 8 heteroatoms. The van der Waals surface area contributed by atoms with E-state index < -0.39 is 29.4 Å². The minimum absolute atomic E-state index is 0.130. The van der Waals surface area contributed by atoms with E-state index in [2.05, 4.69) is 10.3 Å². The molecule has 142 valence electrons. The third-order valence-corrected chi connectivity index (χ3v) is 4.21. The molecule has 3 aromatic rings. The van der Waals surface area contributed by atoms with Crippen LogP contribution < -0.4 is 11.0 Å². The minimum atomic E-state index is -1.36. The molecule has 0 aliphatic rings. The second kappa shape index (κ2) is 8.14. The largest absolute Gasteiger partial charge is 0.349 e. The van der Waals surface area contributed by atoms with Crippen LogP contribution in [0.1, 0.15) is 32.6 Å². The smallest absolute Gasteiger partial charge is 0.325 e. The normalized spacial score (nSPS) is 11.7. The number of carbonyl (C=O) groups excluding carboxylic acids is 2. The Morgan fingerprint density at radius 1 is 1.11 bits per heavy atom. The van der Waals surface area contributed by atoms with Gasteiger partial charge in [0.1, 0.15) is 5.82 Å². The lowest BCUT2D eigenvalue weighted by Gasteiger charge is -2.20. The lowest BCUT2D eigenvalue weighted by atomic mass is 10.1. The molecular formula is C20H15ClFN3O3. The monoisotopic (exact) mass is 399 g/mol. The Morgan fingerprint density at radius 3 is 2.46 bits per heavy atom. The van der Waals surface area contributed by atoms with Gasteiger partial charge in [0.2, 0.25) is 5.78 Å². The highest BCUT2D eigenvalue weighted by atomic mass is 35.5. The quantitative estimate of drug-likeness (QED) is 0.668. The molecular weight excluding hydrogens is 385 g/mol. The highest BCUT2D eigenvalue weighted by Gasteiger charge is 2.26. The topological polar surface area (TPSA) is 81.1 Å². The van der Waals surface area contributed by atoms with Gasteiger partial charge in [0.25, 0.3) is 5.91 Å². The zero-order valence-electron chi connectivity index (χ0n) is 14.7. The van der Waals surface area contributed by atoms with E-state index in [9.17, 15) is 18.8 Å². The van der Waals surface area contributed by atoms with Gasteiger partial charge in [0.15, 0.2) is 6.17 Å². The number of ketones is 1. The van der Waals surface area contributed by atoms with Crippen LogP contribution in [0.4, 0.5) is 4.39 Å². The van der Waals surface area contributed by atoms with E-state index in [-0.39, 0.29) is 11.1 Å².